The molecule has 7 nitrogen and oxygen atoms in total. The van der Waals surface area contributed by atoms with Crippen molar-refractivity contribution in [3.63, 3.8) is 0 Å². The molecule has 2 heterocycles. The Balaban J connectivity index is 1.90. The van der Waals surface area contributed by atoms with Gasteiger partial charge in [0.05, 0.1) is 10.9 Å². The molecule has 2 aromatic carbocycles. The maximum atomic E-state index is 13.6. The summed E-state index contributed by atoms with van der Waals surface area (Å²) < 4.78 is 35.7. The lowest BCUT2D eigenvalue weighted by atomic mass is 9.72. The van der Waals surface area contributed by atoms with Crippen LogP contribution in [-0.2, 0) is 21.2 Å². The third-order valence-corrected chi connectivity index (χ3v) is 9.78. The number of nitrogens with zero attached hydrogens (tertiary/aromatic N) is 2. The van der Waals surface area contributed by atoms with Gasteiger partial charge in [-0.1, -0.05) is 70.0 Å². The smallest absolute Gasteiger partial charge is 0.219 e. The quantitative estimate of drug-likeness (QED) is 0.503. The van der Waals surface area contributed by atoms with Crippen molar-refractivity contribution in [2.24, 2.45) is 0 Å². The average molecular weight is 566 g/mol. The maximum Gasteiger partial charge on any atom is 0.219 e. The lowest BCUT2D eigenvalue weighted by Crippen LogP contribution is -2.52. The molecule has 0 bridgehead atoms. The standard InChI is InChI=1S/C24H22BrClN2O5S/c1-28(2)34(31,32)20-19(14-6-4-3-5-7-14)24(15-8-10-16(25)11-9-15)23(30,22(20)29)21-18(33-24)12-17(26)13-27-21/h3-13,19-20,22,29-30H,1-2H3. The van der Waals surface area contributed by atoms with Crippen LogP contribution in [0.2, 0.25) is 5.02 Å². The second-order valence-corrected chi connectivity index (χ2v) is 12.4. The minimum Gasteiger partial charge on any atom is -0.476 e. The van der Waals surface area contributed by atoms with Crippen LogP contribution in [0.1, 0.15) is 22.7 Å². The zero-order valence-corrected chi connectivity index (χ0v) is 21.4. The minimum absolute atomic E-state index is 0.0460. The van der Waals surface area contributed by atoms with Crippen LogP contribution >= 0.6 is 27.5 Å². The Morgan fingerprint density at radius 2 is 1.76 bits per heavy atom. The zero-order chi connectivity index (χ0) is 24.5. The Kier molecular flexibility index (Phi) is 5.59. The number of hydrogen-bond acceptors (Lipinski definition) is 6. The minimum atomic E-state index is -4.09. The number of benzene rings is 2. The molecule has 0 spiro atoms. The number of hydrogen-bond donors (Lipinski definition) is 2. The van der Waals surface area contributed by atoms with Gasteiger partial charge < -0.3 is 14.9 Å². The predicted molar refractivity (Wildman–Crippen MR) is 131 cm³/mol. The monoisotopic (exact) mass is 564 g/mol. The van der Waals surface area contributed by atoms with Crippen molar-refractivity contribution in [3.05, 3.63) is 93.2 Å². The number of sulfonamides is 1. The molecule has 1 aromatic heterocycles. The molecule has 3 aromatic rings. The van der Waals surface area contributed by atoms with Gasteiger partial charge in [-0.05, 0) is 23.3 Å². The number of aliphatic hydroxyl groups excluding tert-OH is 1. The Hall–Kier alpha value is -2.01. The highest BCUT2D eigenvalue weighted by Gasteiger charge is 2.79. The van der Waals surface area contributed by atoms with E-state index in [-0.39, 0.29) is 16.5 Å². The van der Waals surface area contributed by atoms with Crippen molar-refractivity contribution >= 4 is 37.6 Å². The number of rotatable bonds is 4. The van der Waals surface area contributed by atoms with Crippen LogP contribution in [-0.4, -0.2) is 53.4 Å². The summed E-state index contributed by atoms with van der Waals surface area (Å²) in [6.07, 6.45) is -0.416. The molecule has 0 radical (unpaired) electrons. The largest absolute Gasteiger partial charge is 0.476 e. The number of halogens is 2. The van der Waals surface area contributed by atoms with Gasteiger partial charge in [0.15, 0.2) is 11.2 Å². The first-order valence-electron chi connectivity index (χ1n) is 10.5. The molecule has 5 rings (SSSR count). The average Bonchev–Trinajstić information content (AvgIpc) is 3.17. The molecular formula is C24H22BrClN2O5S. The van der Waals surface area contributed by atoms with Gasteiger partial charge in [0.2, 0.25) is 10.0 Å². The molecule has 2 aliphatic rings. The summed E-state index contributed by atoms with van der Waals surface area (Å²) in [5.41, 5.74) is -2.76. The van der Waals surface area contributed by atoms with Crippen LogP contribution in [0.5, 0.6) is 5.75 Å². The van der Waals surface area contributed by atoms with E-state index in [1.54, 1.807) is 48.5 Å². The Morgan fingerprint density at radius 1 is 1.12 bits per heavy atom. The van der Waals surface area contributed by atoms with Crippen molar-refractivity contribution < 1.29 is 23.4 Å². The molecule has 0 saturated heterocycles. The molecule has 178 valence electrons. The van der Waals surface area contributed by atoms with Crippen molar-refractivity contribution in [1.82, 2.24) is 9.29 Å². The summed E-state index contributed by atoms with van der Waals surface area (Å²) in [4.78, 5) is 4.32. The fourth-order valence-electron chi connectivity index (χ4n) is 5.34. The highest BCUT2D eigenvalue weighted by Crippen LogP contribution is 2.67. The second kappa shape index (κ2) is 8.01. The van der Waals surface area contributed by atoms with Crippen LogP contribution in [0.3, 0.4) is 0 Å². The lowest BCUT2D eigenvalue weighted by Gasteiger charge is -2.40. The van der Waals surface area contributed by atoms with Gasteiger partial charge in [-0.25, -0.2) is 12.7 Å². The molecule has 34 heavy (non-hydrogen) atoms. The maximum absolute atomic E-state index is 13.6. The molecule has 10 heteroatoms. The van der Waals surface area contributed by atoms with Gasteiger partial charge in [-0.15, -0.1) is 0 Å². The van der Waals surface area contributed by atoms with Crippen LogP contribution in [0, 0.1) is 0 Å². The highest BCUT2D eigenvalue weighted by atomic mass is 79.9. The van der Waals surface area contributed by atoms with E-state index in [1.165, 1.54) is 26.4 Å². The third kappa shape index (κ3) is 3.04. The summed E-state index contributed by atoms with van der Waals surface area (Å²) in [6.45, 7) is 0. The SMILES string of the molecule is CN(C)S(=O)(=O)C1C(O)C2(O)c3ncc(Cl)cc3OC2(c2ccc(Br)cc2)C1c1ccccc1. The normalized spacial score (nSPS) is 30.1. The van der Waals surface area contributed by atoms with Crippen molar-refractivity contribution in [2.75, 3.05) is 14.1 Å². The first-order valence-corrected chi connectivity index (χ1v) is 13.2. The van der Waals surface area contributed by atoms with E-state index in [0.29, 0.717) is 11.1 Å². The van der Waals surface area contributed by atoms with E-state index in [0.717, 1.165) is 8.78 Å². The van der Waals surface area contributed by atoms with Crippen LogP contribution in [0.25, 0.3) is 0 Å². The molecule has 5 unspecified atom stereocenters. The number of fused-ring (bicyclic) bond motifs is 3. The molecule has 2 N–H and O–H groups in total. The lowest BCUT2D eigenvalue weighted by molar-refractivity contribution is -0.150. The van der Waals surface area contributed by atoms with Crippen molar-refractivity contribution in [3.8, 4) is 5.75 Å². The number of aromatic nitrogens is 1. The number of pyridine rings is 1. The van der Waals surface area contributed by atoms with Gasteiger partial charge in [-0.2, -0.15) is 0 Å². The zero-order valence-electron chi connectivity index (χ0n) is 18.3. The molecule has 1 fully saturated rings. The molecule has 1 saturated carbocycles. The molecule has 5 atom stereocenters. The topological polar surface area (TPSA) is 100.0 Å². The van der Waals surface area contributed by atoms with Crippen LogP contribution in [0.15, 0.2) is 71.3 Å². The van der Waals surface area contributed by atoms with Crippen molar-refractivity contribution in [2.45, 2.75) is 28.5 Å². The highest BCUT2D eigenvalue weighted by molar-refractivity contribution is 9.10. The fourth-order valence-corrected chi connectivity index (χ4v) is 7.46. The Morgan fingerprint density at radius 3 is 2.38 bits per heavy atom. The molecular weight excluding hydrogens is 544 g/mol. The summed E-state index contributed by atoms with van der Waals surface area (Å²) >= 11 is 9.60. The van der Waals surface area contributed by atoms with Gasteiger partial charge in [0, 0.05) is 30.8 Å². The van der Waals surface area contributed by atoms with Gasteiger partial charge in [0.25, 0.3) is 0 Å². The summed E-state index contributed by atoms with van der Waals surface area (Å²) in [6, 6.07) is 17.5. The molecule has 1 aliphatic heterocycles. The van der Waals surface area contributed by atoms with E-state index in [1.807, 2.05) is 6.07 Å². The molecule has 0 amide bonds. The first-order chi connectivity index (χ1) is 16.0. The van der Waals surface area contributed by atoms with Gasteiger partial charge >= 0.3 is 0 Å². The van der Waals surface area contributed by atoms with E-state index < -0.39 is 38.5 Å². The molecule has 1 aliphatic carbocycles. The van der Waals surface area contributed by atoms with E-state index >= 15 is 0 Å². The fraction of sp³-hybridized carbons (Fsp3) is 0.292. The first kappa shape index (κ1) is 23.7. The summed E-state index contributed by atoms with van der Waals surface area (Å²) in [5.74, 6) is -0.797. The third-order valence-electron chi connectivity index (χ3n) is 6.81. The van der Waals surface area contributed by atoms with Crippen LogP contribution < -0.4 is 4.74 Å². The predicted octanol–water partition coefficient (Wildman–Crippen LogP) is 3.39. The van der Waals surface area contributed by atoms with Gasteiger partial charge in [-0.3, -0.25) is 4.98 Å². The number of ether oxygens (including phenoxy) is 1. The number of aliphatic hydroxyl groups is 2. The Bertz CT molecular complexity index is 1360. The summed E-state index contributed by atoms with van der Waals surface area (Å²) in [7, 11) is -1.28. The van der Waals surface area contributed by atoms with Crippen molar-refractivity contribution in [1.29, 1.82) is 0 Å². The van der Waals surface area contributed by atoms with E-state index in [2.05, 4.69) is 20.9 Å². The Labute approximate surface area is 211 Å². The van der Waals surface area contributed by atoms with E-state index in [4.69, 9.17) is 16.3 Å². The van der Waals surface area contributed by atoms with E-state index in [9.17, 15) is 18.6 Å². The second-order valence-electron chi connectivity index (χ2n) is 8.74. The van der Waals surface area contributed by atoms with Crippen LogP contribution in [0.4, 0.5) is 0 Å². The van der Waals surface area contributed by atoms with Gasteiger partial charge in [0.1, 0.15) is 22.8 Å². The summed E-state index contributed by atoms with van der Waals surface area (Å²) in [5, 5.41) is 23.0.